The summed E-state index contributed by atoms with van der Waals surface area (Å²) in [5, 5.41) is 11.9. The van der Waals surface area contributed by atoms with Gasteiger partial charge in [0.1, 0.15) is 0 Å². The molecule has 0 aliphatic rings. The average molecular weight is 335 g/mol. The molecule has 0 bridgehead atoms. The fraction of sp³-hybridized carbons (Fsp3) is 0.400. The minimum atomic E-state index is 0.227. The summed E-state index contributed by atoms with van der Waals surface area (Å²) in [5.41, 5.74) is 4.32. The maximum atomic E-state index is 4.23. The maximum Gasteiger partial charge on any atom is 0.0648 e. The number of aryl methyl sites for hydroxylation is 2. The molecular weight excluding hydrogens is 316 g/mol. The lowest BCUT2D eigenvalue weighted by Gasteiger charge is -2.20. The van der Waals surface area contributed by atoms with E-state index in [0.29, 0.717) is 0 Å². The molecule has 1 N–H and O–H groups in total. The highest BCUT2D eigenvalue weighted by atomic mass is 79.9. The standard InChI is InChI=1S/C15H19BrN4/c1-4-18-15(7-12-6-13(16)9-17-8-12)14-5-10(2)19-20-11(14)3/h5-6,8-9,15,18H,4,7H2,1-3H3. The highest BCUT2D eigenvalue weighted by Gasteiger charge is 2.15. The molecule has 5 heteroatoms. The van der Waals surface area contributed by atoms with Crippen LogP contribution in [0.3, 0.4) is 0 Å². The lowest BCUT2D eigenvalue weighted by molar-refractivity contribution is 0.541. The van der Waals surface area contributed by atoms with Crippen molar-refractivity contribution in [1.82, 2.24) is 20.5 Å². The molecule has 0 aliphatic carbocycles. The highest BCUT2D eigenvalue weighted by Crippen LogP contribution is 2.22. The number of rotatable bonds is 5. The van der Waals surface area contributed by atoms with Gasteiger partial charge in [-0.15, -0.1) is 0 Å². The van der Waals surface area contributed by atoms with Crippen LogP contribution in [0.4, 0.5) is 0 Å². The summed E-state index contributed by atoms with van der Waals surface area (Å²) < 4.78 is 1.01. The van der Waals surface area contributed by atoms with E-state index < -0.39 is 0 Å². The van der Waals surface area contributed by atoms with Crippen molar-refractivity contribution in [3.05, 3.63) is 51.5 Å². The van der Waals surface area contributed by atoms with Crippen molar-refractivity contribution in [2.75, 3.05) is 6.54 Å². The zero-order valence-electron chi connectivity index (χ0n) is 12.0. The summed E-state index contributed by atoms with van der Waals surface area (Å²) >= 11 is 3.47. The molecule has 2 rings (SSSR count). The van der Waals surface area contributed by atoms with Crippen LogP contribution in [-0.2, 0) is 6.42 Å². The van der Waals surface area contributed by atoms with E-state index in [0.717, 1.165) is 28.8 Å². The van der Waals surface area contributed by atoms with E-state index in [-0.39, 0.29) is 6.04 Å². The molecule has 2 aromatic rings. The number of nitrogens with zero attached hydrogens (tertiary/aromatic N) is 3. The van der Waals surface area contributed by atoms with Crippen LogP contribution in [-0.4, -0.2) is 21.7 Å². The average Bonchev–Trinajstić information content (AvgIpc) is 2.41. The van der Waals surface area contributed by atoms with Gasteiger partial charge in [0.2, 0.25) is 0 Å². The summed E-state index contributed by atoms with van der Waals surface area (Å²) in [7, 11) is 0. The fourth-order valence-electron chi connectivity index (χ4n) is 2.26. The lowest BCUT2D eigenvalue weighted by Crippen LogP contribution is -2.24. The number of hydrogen-bond acceptors (Lipinski definition) is 4. The second kappa shape index (κ2) is 6.90. The van der Waals surface area contributed by atoms with E-state index in [2.05, 4.69) is 55.5 Å². The molecule has 0 aliphatic heterocycles. The van der Waals surface area contributed by atoms with Gasteiger partial charge >= 0.3 is 0 Å². The number of nitrogens with one attached hydrogen (secondary N) is 1. The van der Waals surface area contributed by atoms with Crippen molar-refractivity contribution >= 4 is 15.9 Å². The highest BCUT2D eigenvalue weighted by molar-refractivity contribution is 9.10. The van der Waals surface area contributed by atoms with E-state index >= 15 is 0 Å². The number of halogens is 1. The van der Waals surface area contributed by atoms with Crippen LogP contribution in [0.25, 0.3) is 0 Å². The Morgan fingerprint density at radius 1 is 1.20 bits per heavy atom. The van der Waals surface area contributed by atoms with Crippen LogP contribution >= 0.6 is 15.9 Å². The molecule has 2 heterocycles. The predicted octanol–water partition coefficient (Wildman–Crippen LogP) is 3.14. The Hall–Kier alpha value is -1.33. The molecule has 0 fully saturated rings. The molecular formula is C15H19BrN4. The maximum absolute atomic E-state index is 4.23. The molecule has 0 radical (unpaired) electrons. The molecule has 0 aromatic carbocycles. The third kappa shape index (κ3) is 3.84. The fourth-order valence-corrected chi connectivity index (χ4v) is 2.68. The van der Waals surface area contributed by atoms with E-state index in [1.807, 2.05) is 20.0 Å². The molecule has 0 saturated heterocycles. The Bertz CT molecular complexity index is 586. The van der Waals surface area contributed by atoms with Gasteiger partial charge in [-0.3, -0.25) is 4.98 Å². The smallest absolute Gasteiger partial charge is 0.0648 e. The van der Waals surface area contributed by atoms with E-state index in [9.17, 15) is 0 Å². The SMILES string of the molecule is CCNC(Cc1cncc(Br)c1)c1cc(C)nnc1C. The summed E-state index contributed by atoms with van der Waals surface area (Å²) in [5.74, 6) is 0. The van der Waals surface area contributed by atoms with Gasteiger partial charge in [0, 0.05) is 22.9 Å². The normalized spacial score (nSPS) is 12.4. The van der Waals surface area contributed by atoms with Crippen LogP contribution in [0, 0.1) is 13.8 Å². The van der Waals surface area contributed by atoms with Crippen molar-refractivity contribution in [2.24, 2.45) is 0 Å². The molecule has 0 amide bonds. The van der Waals surface area contributed by atoms with Crippen molar-refractivity contribution < 1.29 is 0 Å². The third-order valence-corrected chi connectivity index (χ3v) is 3.60. The third-order valence-electron chi connectivity index (χ3n) is 3.17. The van der Waals surface area contributed by atoms with Crippen molar-refractivity contribution in [3.8, 4) is 0 Å². The number of hydrogen-bond donors (Lipinski definition) is 1. The summed E-state index contributed by atoms with van der Waals surface area (Å²) in [6.07, 6.45) is 4.59. The Balaban J connectivity index is 2.29. The monoisotopic (exact) mass is 334 g/mol. The Labute approximate surface area is 128 Å². The van der Waals surface area contributed by atoms with Gasteiger partial charge in [-0.25, -0.2) is 0 Å². The Kier molecular flexibility index (Phi) is 5.20. The first kappa shape index (κ1) is 15.1. The zero-order chi connectivity index (χ0) is 14.5. The summed E-state index contributed by atoms with van der Waals surface area (Å²) in [6, 6.07) is 4.44. The molecule has 0 saturated carbocycles. The first-order valence-electron chi connectivity index (χ1n) is 6.73. The lowest BCUT2D eigenvalue weighted by atomic mass is 9.98. The zero-order valence-corrected chi connectivity index (χ0v) is 13.6. The first-order chi connectivity index (χ1) is 9.60. The molecule has 106 valence electrons. The molecule has 2 aromatic heterocycles. The van der Waals surface area contributed by atoms with Gasteiger partial charge in [-0.05, 0) is 66.0 Å². The van der Waals surface area contributed by atoms with Crippen LogP contribution < -0.4 is 5.32 Å². The number of pyridine rings is 1. The van der Waals surface area contributed by atoms with Crippen LogP contribution in [0.5, 0.6) is 0 Å². The molecule has 1 atom stereocenters. The largest absolute Gasteiger partial charge is 0.310 e. The summed E-state index contributed by atoms with van der Waals surface area (Å²) in [6.45, 7) is 7.00. The molecule has 4 nitrogen and oxygen atoms in total. The van der Waals surface area contributed by atoms with Gasteiger partial charge in [0.05, 0.1) is 11.4 Å². The van der Waals surface area contributed by atoms with Gasteiger partial charge in [-0.1, -0.05) is 6.92 Å². The van der Waals surface area contributed by atoms with Gasteiger partial charge in [-0.2, -0.15) is 10.2 Å². The van der Waals surface area contributed by atoms with Crippen molar-refractivity contribution in [1.29, 1.82) is 0 Å². The van der Waals surface area contributed by atoms with E-state index in [4.69, 9.17) is 0 Å². The molecule has 20 heavy (non-hydrogen) atoms. The minimum Gasteiger partial charge on any atom is -0.310 e. The summed E-state index contributed by atoms with van der Waals surface area (Å²) in [4.78, 5) is 4.23. The second-order valence-electron chi connectivity index (χ2n) is 4.85. The molecule has 0 spiro atoms. The number of aromatic nitrogens is 3. The molecule has 1 unspecified atom stereocenters. The topological polar surface area (TPSA) is 50.7 Å². The quantitative estimate of drug-likeness (QED) is 0.912. The van der Waals surface area contributed by atoms with Crippen LogP contribution in [0.15, 0.2) is 29.0 Å². The van der Waals surface area contributed by atoms with E-state index in [1.165, 1.54) is 11.1 Å². The predicted molar refractivity (Wildman–Crippen MR) is 83.6 cm³/mol. The second-order valence-corrected chi connectivity index (χ2v) is 5.77. The van der Waals surface area contributed by atoms with Crippen molar-refractivity contribution in [2.45, 2.75) is 33.2 Å². The Morgan fingerprint density at radius 3 is 2.70 bits per heavy atom. The van der Waals surface area contributed by atoms with Gasteiger partial charge in [0.15, 0.2) is 0 Å². The van der Waals surface area contributed by atoms with Gasteiger partial charge in [0.25, 0.3) is 0 Å². The van der Waals surface area contributed by atoms with Gasteiger partial charge < -0.3 is 5.32 Å². The van der Waals surface area contributed by atoms with E-state index in [1.54, 1.807) is 6.20 Å². The number of likely N-dealkylation sites (N-methyl/N-ethyl adjacent to an activating group) is 1. The first-order valence-corrected chi connectivity index (χ1v) is 7.53. The van der Waals surface area contributed by atoms with Crippen LogP contribution in [0.1, 0.15) is 35.5 Å². The van der Waals surface area contributed by atoms with Crippen molar-refractivity contribution in [3.63, 3.8) is 0 Å². The van der Waals surface area contributed by atoms with Crippen LogP contribution in [0.2, 0.25) is 0 Å². The Morgan fingerprint density at radius 2 is 2.00 bits per heavy atom. The minimum absolute atomic E-state index is 0.227.